The number of rotatable bonds is 6. The molecule has 0 N–H and O–H groups in total. The molecule has 2 atom stereocenters. The molecule has 0 unspecified atom stereocenters. The molecule has 1 fully saturated rings. The van der Waals surface area contributed by atoms with Crippen LogP contribution in [0, 0.1) is 11.8 Å². The van der Waals surface area contributed by atoms with Gasteiger partial charge in [-0.3, -0.25) is 9.59 Å². The van der Waals surface area contributed by atoms with Crippen LogP contribution in [-0.4, -0.2) is 41.8 Å². The first kappa shape index (κ1) is 19.2. The summed E-state index contributed by atoms with van der Waals surface area (Å²) in [5.41, 5.74) is 1.55. The fraction of sp³-hybridized carbons (Fsp3) is 0.478. The van der Waals surface area contributed by atoms with Gasteiger partial charge in [-0.05, 0) is 47.8 Å². The van der Waals surface area contributed by atoms with Crippen molar-refractivity contribution >= 4 is 23.2 Å². The summed E-state index contributed by atoms with van der Waals surface area (Å²) in [4.78, 5) is 32.0. The maximum absolute atomic E-state index is 13.7. The number of carbonyl (C=O) groups excluding carboxylic acids is 2. The van der Waals surface area contributed by atoms with Crippen molar-refractivity contribution < 1.29 is 9.59 Å². The van der Waals surface area contributed by atoms with Crippen molar-refractivity contribution in [2.75, 3.05) is 20.1 Å². The van der Waals surface area contributed by atoms with E-state index in [0.717, 1.165) is 17.0 Å². The van der Waals surface area contributed by atoms with E-state index in [2.05, 4.69) is 19.9 Å². The predicted octanol–water partition coefficient (Wildman–Crippen LogP) is 4.55. The second kappa shape index (κ2) is 7.70. The minimum atomic E-state index is -0.352. The van der Waals surface area contributed by atoms with Crippen LogP contribution in [0.4, 0.5) is 0 Å². The fourth-order valence-electron chi connectivity index (χ4n) is 4.24. The minimum absolute atomic E-state index is 0.0385. The van der Waals surface area contributed by atoms with Gasteiger partial charge in [0, 0.05) is 30.6 Å². The highest BCUT2D eigenvalue weighted by atomic mass is 32.1. The van der Waals surface area contributed by atoms with Crippen LogP contribution < -0.4 is 0 Å². The summed E-state index contributed by atoms with van der Waals surface area (Å²) >= 11 is 1.63. The number of hydrogen-bond donors (Lipinski definition) is 0. The van der Waals surface area contributed by atoms with Crippen molar-refractivity contribution in [3.05, 3.63) is 57.8 Å². The van der Waals surface area contributed by atoms with Crippen LogP contribution in [-0.2, 0) is 4.79 Å². The molecular weight excluding hydrogens is 368 g/mol. The predicted molar refractivity (Wildman–Crippen MR) is 112 cm³/mol. The van der Waals surface area contributed by atoms with Gasteiger partial charge in [-0.2, -0.15) is 0 Å². The van der Waals surface area contributed by atoms with E-state index in [-0.39, 0.29) is 23.8 Å². The van der Waals surface area contributed by atoms with Gasteiger partial charge in [0.2, 0.25) is 5.91 Å². The first-order valence-corrected chi connectivity index (χ1v) is 11.0. The quantitative estimate of drug-likeness (QED) is 0.718. The first-order valence-electron chi connectivity index (χ1n) is 10.2. The number of hydrogen-bond acceptors (Lipinski definition) is 3. The highest BCUT2D eigenvalue weighted by Crippen LogP contribution is 2.45. The summed E-state index contributed by atoms with van der Waals surface area (Å²) in [6.07, 6.45) is 2.43. The number of benzene rings is 1. The minimum Gasteiger partial charge on any atom is -0.345 e. The molecule has 1 aliphatic heterocycles. The summed E-state index contributed by atoms with van der Waals surface area (Å²) < 4.78 is 0. The van der Waals surface area contributed by atoms with E-state index in [1.165, 1.54) is 12.8 Å². The lowest BCUT2D eigenvalue weighted by Crippen LogP contribution is -2.48. The third-order valence-electron chi connectivity index (χ3n) is 5.71. The van der Waals surface area contributed by atoms with Crippen molar-refractivity contribution in [3.63, 3.8) is 0 Å². The fourth-order valence-corrected chi connectivity index (χ4v) is 5.12. The van der Waals surface area contributed by atoms with Crippen LogP contribution in [0.15, 0.2) is 41.8 Å². The molecule has 4 nitrogen and oxygen atoms in total. The smallest absolute Gasteiger partial charge is 0.254 e. The number of amides is 2. The second-order valence-electron chi connectivity index (χ2n) is 8.54. The zero-order valence-corrected chi connectivity index (χ0v) is 17.6. The molecule has 2 amide bonds. The van der Waals surface area contributed by atoms with Crippen LogP contribution in [0.25, 0.3) is 0 Å². The van der Waals surface area contributed by atoms with Crippen molar-refractivity contribution in [1.82, 2.24) is 9.80 Å². The van der Waals surface area contributed by atoms with Gasteiger partial charge in [-0.25, -0.2) is 0 Å². The van der Waals surface area contributed by atoms with Gasteiger partial charge in [0.1, 0.15) is 0 Å². The molecule has 148 valence electrons. The summed E-state index contributed by atoms with van der Waals surface area (Å²) in [5, 5.41) is 2.03. The van der Waals surface area contributed by atoms with Gasteiger partial charge in [0.25, 0.3) is 5.91 Å². The molecule has 0 spiro atoms. The molecule has 0 radical (unpaired) electrons. The molecular formula is C23H28N2O2S. The topological polar surface area (TPSA) is 40.6 Å². The molecule has 1 saturated carbocycles. The lowest BCUT2D eigenvalue weighted by atomic mass is 9.80. The van der Waals surface area contributed by atoms with Gasteiger partial charge in [0.05, 0.1) is 12.0 Å². The summed E-state index contributed by atoms with van der Waals surface area (Å²) in [5.74, 6) is 0.781. The van der Waals surface area contributed by atoms with E-state index in [9.17, 15) is 9.59 Å². The Hall–Kier alpha value is -2.14. The highest BCUT2D eigenvalue weighted by molar-refractivity contribution is 7.10. The van der Waals surface area contributed by atoms with Crippen molar-refractivity contribution in [1.29, 1.82) is 0 Å². The average Bonchev–Trinajstić information content (AvgIpc) is 3.32. The molecule has 5 heteroatoms. The van der Waals surface area contributed by atoms with Crippen LogP contribution >= 0.6 is 11.3 Å². The Balaban J connectivity index is 1.81. The Morgan fingerprint density at radius 1 is 1.21 bits per heavy atom. The van der Waals surface area contributed by atoms with Crippen molar-refractivity contribution in [3.8, 4) is 0 Å². The molecule has 1 aliphatic carbocycles. The largest absolute Gasteiger partial charge is 0.345 e. The third kappa shape index (κ3) is 3.60. The van der Waals surface area contributed by atoms with Gasteiger partial charge in [-0.1, -0.05) is 38.1 Å². The Kier molecular flexibility index (Phi) is 5.28. The van der Waals surface area contributed by atoms with Gasteiger partial charge in [-0.15, -0.1) is 11.3 Å². The molecule has 1 aromatic carbocycles. The molecule has 2 aliphatic rings. The van der Waals surface area contributed by atoms with Gasteiger partial charge < -0.3 is 9.80 Å². The van der Waals surface area contributed by atoms with E-state index < -0.39 is 0 Å². The maximum Gasteiger partial charge on any atom is 0.254 e. The Morgan fingerprint density at radius 2 is 1.96 bits per heavy atom. The van der Waals surface area contributed by atoms with E-state index in [0.29, 0.717) is 23.9 Å². The lowest BCUT2D eigenvalue weighted by molar-refractivity contribution is -0.133. The van der Waals surface area contributed by atoms with E-state index in [4.69, 9.17) is 0 Å². The zero-order chi connectivity index (χ0) is 19.8. The molecule has 0 bridgehead atoms. The summed E-state index contributed by atoms with van der Waals surface area (Å²) in [6.45, 7) is 5.70. The number of likely N-dealkylation sites (N-methyl/N-ethyl adjacent to an activating group) is 1. The standard InChI is InChI=1S/C23H28N2O2S/c1-15(2)13-25-21(19-9-6-12-28-19)20(23(27)24(3)14-16-10-11-16)17-7-4-5-8-18(17)22(25)26/h4-9,12,15-16,20-21H,10-11,13-14H2,1-3H3/t20-,21+/m1/s1. The highest BCUT2D eigenvalue weighted by Gasteiger charge is 2.45. The van der Waals surface area contributed by atoms with E-state index >= 15 is 0 Å². The van der Waals surface area contributed by atoms with Crippen molar-refractivity contribution in [2.24, 2.45) is 11.8 Å². The van der Waals surface area contributed by atoms with Crippen LogP contribution in [0.3, 0.4) is 0 Å². The summed E-state index contributed by atoms with van der Waals surface area (Å²) in [7, 11) is 1.91. The van der Waals surface area contributed by atoms with Crippen LogP contribution in [0.2, 0.25) is 0 Å². The molecule has 2 heterocycles. The Morgan fingerprint density at radius 3 is 2.61 bits per heavy atom. The van der Waals surface area contributed by atoms with Gasteiger partial charge in [0.15, 0.2) is 0 Å². The van der Waals surface area contributed by atoms with Gasteiger partial charge >= 0.3 is 0 Å². The van der Waals surface area contributed by atoms with Crippen LogP contribution in [0.5, 0.6) is 0 Å². The normalized spacial score (nSPS) is 21.7. The average molecular weight is 397 g/mol. The first-order chi connectivity index (χ1) is 13.5. The Bertz CT molecular complexity index is 857. The second-order valence-corrected chi connectivity index (χ2v) is 9.52. The van der Waals surface area contributed by atoms with E-state index in [1.807, 2.05) is 52.6 Å². The number of fused-ring (bicyclic) bond motifs is 1. The lowest BCUT2D eigenvalue weighted by Gasteiger charge is -2.43. The summed E-state index contributed by atoms with van der Waals surface area (Å²) in [6, 6.07) is 11.5. The SMILES string of the molecule is CC(C)CN1C(=O)c2ccccc2[C@@H](C(=O)N(C)CC2CC2)[C@@H]1c1cccs1. The monoisotopic (exact) mass is 396 g/mol. The maximum atomic E-state index is 13.7. The molecule has 28 heavy (non-hydrogen) atoms. The molecule has 1 aromatic heterocycles. The number of nitrogens with zero attached hydrogens (tertiary/aromatic N) is 2. The molecule has 0 saturated heterocycles. The zero-order valence-electron chi connectivity index (χ0n) is 16.8. The molecule has 4 rings (SSSR count). The third-order valence-corrected chi connectivity index (χ3v) is 6.65. The Labute approximate surface area is 171 Å². The number of thiophene rings is 1. The molecule has 2 aromatic rings. The number of carbonyl (C=O) groups is 2. The van der Waals surface area contributed by atoms with Crippen LogP contribution in [0.1, 0.15) is 59.4 Å². The van der Waals surface area contributed by atoms with Crippen molar-refractivity contribution in [2.45, 2.75) is 38.6 Å². The van der Waals surface area contributed by atoms with E-state index in [1.54, 1.807) is 11.3 Å².